The van der Waals surface area contributed by atoms with Gasteiger partial charge in [-0.05, 0) is 24.1 Å². The highest BCUT2D eigenvalue weighted by Gasteiger charge is 2.26. The van der Waals surface area contributed by atoms with Gasteiger partial charge < -0.3 is 0 Å². The molecule has 1 aromatic rings. The Morgan fingerprint density at radius 1 is 1.47 bits per heavy atom. The summed E-state index contributed by atoms with van der Waals surface area (Å²) in [7, 11) is 0. The highest BCUT2D eigenvalue weighted by atomic mass is 35.5. The second-order valence-corrected chi connectivity index (χ2v) is 4.78. The van der Waals surface area contributed by atoms with Gasteiger partial charge in [0.1, 0.15) is 5.92 Å². The molecule has 0 aromatic heterocycles. The van der Waals surface area contributed by atoms with E-state index in [-0.39, 0.29) is 11.7 Å². The Morgan fingerprint density at radius 2 is 2.12 bits per heavy atom. The van der Waals surface area contributed by atoms with Crippen LogP contribution in [0.15, 0.2) is 18.2 Å². The molecule has 0 saturated carbocycles. The van der Waals surface area contributed by atoms with Crippen LogP contribution in [-0.2, 0) is 4.79 Å². The van der Waals surface area contributed by atoms with Gasteiger partial charge in [0, 0.05) is 16.0 Å². The Kier molecular flexibility index (Phi) is 4.99. The van der Waals surface area contributed by atoms with Crippen LogP contribution >= 0.6 is 23.2 Å². The molecular formula is C13H13Cl2NO. The molecule has 0 aliphatic carbocycles. The van der Waals surface area contributed by atoms with Crippen LogP contribution in [0.25, 0.3) is 0 Å². The number of ketones is 1. The molecule has 2 nitrogen and oxygen atoms in total. The number of hydrogen-bond donors (Lipinski definition) is 0. The molecule has 0 N–H and O–H groups in total. The Bertz CT molecular complexity index is 465. The molecule has 4 heteroatoms. The van der Waals surface area contributed by atoms with Gasteiger partial charge in [-0.25, -0.2) is 0 Å². The quantitative estimate of drug-likeness (QED) is 0.822. The zero-order valence-corrected chi connectivity index (χ0v) is 11.2. The van der Waals surface area contributed by atoms with E-state index in [9.17, 15) is 4.79 Å². The molecule has 1 aromatic carbocycles. The highest BCUT2D eigenvalue weighted by Crippen LogP contribution is 2.29. The summed E-state index contributed by atoms with van der Waals surface area (Å²) in [6.45, 7) is 3.73. The van der Waals surface area contributed by atoms with Crippen molar-refractivity contribution < 1.29 is 4.79 Å². The monoisotopic (exact) mass is 269 g/mol. The molecule has 0 amide bonds. The molecule has 0 aliphatic rings. The lowest BCUT2D eigenvalue weighted by atomic mass is 9.88. The number of carbonyl (C=O) groups excluding carboxylic acids is 1. The molecule has 2 unspecified atom stereocenters. The number of carbonyl (C=O) groups is 1. The average molecular weight is 270 g/mol. The SMILES string of the molecule is CCC(C)C(=O)C(C#N)c1ccc(Cl)cc1Cl. The van der Waals surface area contributed by atoms with Gasteiger partial charge in [-0.15, -0.1) is 0 Å². The number of hydrogen-bond acceptors (Lipinski definition) is 2. The Hall–Kier alpha value is -1.04. The molecule has 0 radical (unpaired) electrons. The van der Waals surface area contributed by atoms with Crippen LogP contribution in [0.5, 0.6) is 0 Å². The summed E-state index contributed by atoms with van der Waals surface area (Å²) in [6.07, 6.45) is 0.711. The fourth-order valence-electron chi connectivity index (χ4n) is 1.51. The third-order valence-corrected chi connectivity index (χ3v) is 3.35. The molecule has 0 aliphatic heterocycles. The van der Waals surface area contributed by atoms with Gasteiger partial charge in [0.15, 0.2) is 5.78 Å². The molecule has 2 atom stereocenters. The van der Waals surface area contributed by atoms with Crippen molar-refractivity contribution in [3.05, 3.63) is 33.8 Å². The van der Waals surface area contributed by atoms with E-state index in [4.69, 9.17) is 28.5 Å². The third kappa shape index (κ3) is 3.21. The van der Waals surface area contributed by atoms with E-state index in [1.807, 2.05) is 19.9 Å². The summed E-state index contributed by atoms with van der Waals surface area (Å²) in [6, 6.07) is 6.84. The highest BCUT2D eigenvalue weighted by molar-refractivity contribution is 6.35. The Labute approximate surface area is 111 Å². The standard InChI is InChI=1S/C13H13Cl2NO/c1-3-8(2)13(17)11(7-16)10-5-4-9(14)6-12(10)15/h4-6,8,11H,3H2,1-2H3. The lowest BCUT2D eigenvalue weighted by Crippen LogP contribution is -2.18. The maximum Gasteiger partial charge on any atom is 0.157 e. The average Bonchev–Trinajstić information content (AvgIpc) is 2.31. The fourth-order valence-corrected chi connectivity index (χ4v) is 2.03. The minimum Gasteiger partial charge on any atom is -0.298 e. The molecule has 90 valence electrons. The maximum atomic E-state index is 12.0. The first-order valence-electron chi connectivity index (χ1n) is 5.39. The number of nitriles is 1. The second-order valence-electron chi connectivity index (χ2n) is 3.94. The van der Waals surface area contributed by atoms with E-state index in [0.717, 1.165) is 0 Å². The van der Waals surface area contributed by atoms with E-state index >= 15 is 0 Å². The van der Waals surface area contributed by atoms with E-state index in [1.54, 1.807) is 18.2 Å². The molecular weight excluding hydrogens is 257 g/mol. The van der Waals surface area contributed by atoms with Crippen LogP contribution in [-0.4, -0.2) is 5.78 Å². The second kappa shape index (κ2) is 6.05. The van der Waals surface area contributed by atoms with Crippen molar-refractivity contribution in [2.75, 3.05) is 0 Å². The van der Waals surface area contributed by atoms with E-state index < -0.39 is 5.92 Å². The summed E-state index contributed by atoms with van der Waals surface area (Å²) in [4.78, 5) is 12.0. The fraction of sp³-hybridized carbons (Fsp3) is 0.385. The van der Waals surface area contributed by atoms with Crippen LogP contribution in [0.1, 0.15) is 31.7 Å². The van der Waals surface area contributed by atoms with Gasteiger partial charge in [-0.2, -0.15) is 5.26 Å². The number of Topliss-reactive ketones (excluding diaryl/α,β-unsaturated/α-hetero) is 1. The Morgan fingerprint density at radius 3 is 2.59 bits per heavy atom. The van der Waals surface area contributed by atoms with Crippen molar-refractivity contribution in [1.29, 1.82) is 5.26 Å². The zero-order valence-electron chi connectivity index (χ0n) is 9.71. The first kappa shape index (κ1) is 14.0. The first-order chi connectivity index (χ1) is 8.01. The number of halogens is 2. The molecule has 1 rings (SSSR count). The van der Waals surface area contributed by atoms with Crippen molar-refractivity contribution in [2.45, 2.75) is 26.2 Å². The number of rotatable bonds is 4. The molecule has 0 fully saturated rings. The zero-order chi connectivity index (χ0) is 13.0. The van der Waals surface area contributed by atoms with Crippen molar-refractivity contribution in [3.63, 3.8) is 0 Å². The maximum absolute atomic E-state index is 12.0. The minimum absolute atomic E-state index is 0.0979. The third-order valence-electron chi connectivity index (χ3n) is 2.79. The van der Waals surface area contributed by atoms with Gasteiger partial charge in [0.25, 0.3) is 0 Å². The van der Waals surface area contributed by atoms with Crippen molar-refractivity contribution in [1.82, 2.24) is 0 Å². The largest absolute Gasteiger partial charge is 0.298 e. The van der Waals surface area contributed by atoms with E-state index in [2.05, 4.69) is 0 Å². The van der Waals surface area contributed by atoms with Crippen LogP contribution in [0, 0.1) is 17.2 Å². The smallest absolute Gasteiger partial charge is 0.157 e. The molecule has 0 spiro atoms. The van der Waals surface area contributed by atoms with Gasteiger partial charge in [-0.1, -0.05) is 43.1 Å². The van der Waals surface area contributed by atoms with Gasteiger partial charge in [0.05, 0.1) is 6.07 Å². The first-order valence-corrected chi connectivity index (χ1v) is 6.15. The predicted octanol–water partition coefficient (Wildman–Crippen LogP) is 4.22. The topological polar surface area (TPSA) is 40.9 Å². The molecule has 0 saturated heterocycles. The summed E-state index contributed by atoms with van der Waals surface area (Å²) in [5.41, 5.74) is 0.531. The number of nitrogens with zero attached hydrogens (tertiary/aromatic N) is 1. The van der Waals surface area contributed by atoms with Crippen LogP contribution in [0.3, 0.4) is 0 Å². The van der Waals surface area contributed by atoms with Crippen LogP contribution in [0.2, 0.25) is 10.0 Å². The van der Waals surface area contributed by atoms with Crippen molar-refractivity contribution in [2.24, 2.45) is 5.92 Å². The van der Waals surface area contributed by atoms with Gasteiger partial charge in [-0.3, -0.25) is 4.79 Å². The summed E-state index contributed by atoms with van der Waals surface area (Å²) in [5.74, 6) is -1.06. The molecule has 17 heavy (non-hydrogen) atoms. The normalized spacial score (nSPS) is 13.8. The van der Waals surface area contributed by atoms with E-state index in [1.165, 1.54) is 0 Å². The lowest BCUT2D eigenvalue weighted by Gasteiger charge is -2.14. The van der Waals surface area contributed by atoms with Crippen molar-refractivity contribution in [3.8, 4) is 6.07 Å². The number of benzene rings is 1. The van der Waals surface area contributed by atoms with Crippen LogP contribution < -0.4 is 0 Å². The minimum atomic E-state index is -0.810. The van der Waals surface area contributed by atoms with E-state index in [0.29, 0.717) is 22.0 Å². The Balaban J connectivity index is 3.11. The van der Waals surface area contributed by atoms with Gasteiger partial charge >= 0.3 is 0 Å². The van der Waals surface area contributed by atoms with Crippen molar-refractivity contribution >= 4 is 29.0 Å². The summed E-state index contributed by atoms with van der Waals surface area (Å²) >= 11 is 11.8. The molecule has 0 bridgehead atoms. The van der Waals surface area contributed by atoms with Crippen LogP contribution in [0.4, 0.5) is 0 Å². The summed E-state index contributed by atoms with van der Waals surface area (Å²) in [5, 5.41) is 9.98. The van der Waals surface area contributed by atoms with Gasteiger partial charge in [0.2, 0.25) is 0 Å². The lowest BCUT2D eigenvalue weighted by molar-refractivity contribution is -0.122. The summed E-state index contributed by atoms with van der Waals surface area (Å²) < 4.78 is 0. The molecule has 0 heterocycles. The predicted molar refractivity (Wildman–Crippen MR) is 69.3 cm³/mol.